The van der Waals surface area contributed by atoms with Gasteiger partial charge < -0.3 is 19.7 Å². The minimum atomic E-state index is -0.211. The number of nitrogens with one attached hydrogen (secondary N) is 1. The summed E-state index contributed by atoms with van der Waals surface area (Å²) in [6.07, 6.45) is 0. The van der Waals surface area contributed by atoms with Crippen molar-refractivity contribution in [2.75, 3.05) is 30.0 Å². The molecule has 2 amide bonds. The first-order valence-electron chi connectivity index (χ1n) is 8.13. The van der Waals surface area contributed by atoms with E-state index in [4.69, 9.17) is 9.47 Å². The van der Waals surface area contributed by atoms with Crippen molar-refractivity contribution >= 4 is 23.2 Å². The number of likely N-dealkylation sites (N-methyl/N-ethyl adjacent to an activating group) is 1. The maximum absolute atomic E-state index is 12.5. The van der Waals surface area contributed by atoms with E-state index in [0.29, 0.717) is 23.7 Å². The fraction of sp³-hybridized carbons (Fsp3) is 0.263. The number of benzene rings is 2. The van der Waals surface area contributed by atoms with Crippen LogP contribution in [0, 0.1) is 6.92 Å². The zero-order chi connectivity index (χ0) is 17.8. The molecule has 0 spiro atoms. The van der Waals surface area contributed by atoms with Crippen LogP contribution in [0.15, 0.2) is 42.5 Å². The highest BCUT2D eigenvalue weighted by Crippen LogP contribution is 2.31. The van der Waals surface area contributed by atoms with Gasteiger partial charge in [-0.25, -0.2) is 0 Å². The lowest BCUT2D eigenvalue weighted by Gasteiger charge is -2.22. The van der Waals surface area contributed by atoms with Gasteiger partial charge in [-0.15, -0.1) is 0 Å². The summed E-state index contributed by atoms with van der Waals surface area (Å²) >= 11 is 0. The molecule has 3 rings (SSSR count). The highest BCUT2D eigenvalue weighted by molar-refractivity contribution is 5.96. The normalized spacial score (nSPS) is 12.6. The molecule has 0 fully saturated rings. The number of rotatable bonds is 5. The molecule has 2 aromatic rings. The maximum atomic E-state index is 12.5. The lowest BCUT2D eigenvalue weighted by atomic mass is 10.2. The van der Waals surface area contributed by atoms with Gasteiger partial charge in [0.25, 0.3) is 11.8 Å². The molecule has 0 atom stereocenters. The Labute approximate surface area is 146 Å². The van der Waals surface area contributed by atoms with Crippen LogP contribution in [-0.2, 0) is 9.59 Å². The Morgan fingerprint density at radius 2 is 2.12 bits per heavy atom. The number of anilines is 2. The summed E-state index contributed by atoms with van der Waals surface area (Å²) in [6.45, 7) is 4.39. The van der Waals surface area contributed by atoms with Crippen LogP contribution in [0.4, 0.5) is 11.4 Å². The van der Waals surface area contributed by atoms with Crippen LogP contribution in [0.25, 0.3) is 0 Å². The standard InChI is InChI=1S/C19H20N2O4/c1-3-21(14-6-4-5-13(2)9-14)19(23)12-24-15-7-8-17-16(10-15)20-18(22)11-25-17/h4-10H,3,11-12H2,1-2H3,(H,20,22). The quantitative estimate of drug-likeness (QED) is 0.909. The Morgan fingerprint density at radius 1 is 1.28 bits per heavy atom. The second kappa shape index (κ2) is 7.25. The van der Waals surface area contributed by atoms with Gasteiger partial charge in [0, 0.05) is 18.3 Å². The highest BCUT2D eigenvalue weighted by atomic mass is 16.5. The molecule has 0 unspecified atom stereocenters. The molecule has 6 heteroatoms. The van der Waals surface area contributed by atoms with E-state index < -0.39 is 0 Å². The largest absolute Gasteiger partial charge is 0.484 e. The summed E-state index contributed by atoms with van der Waals surface area (Å²) in [5, 5.41) is 2.71. The van der Waals surface area contributed by atoms with E-state index in [-0.39, 0.29) is 25.0 Å². The van der Waals surface area contributed by atoms with E-state index in [1.165, 1.54) is 0 Å². The number of ether oxygens (including phenoxy) is 2. The number of nitrogens with zero attached hydrogens (tertiary/aromatic N) is 1. The molecule has 1 heterocycles. The van der Waals surface area contributed by atoms with Gasteiger partial charge in [0.2, 0.25) is 0 Å². The van der Waals surface area contributed by atoms with Gasteiger partial charge in [-0.2, -0.15) is 0 Å². The lowest BCUT2D eigenvalue weighted by molar-refractivity contribution is -0.120. The molecule has 1 N–H and O–H groups in total. The molecule has 0 saturated carbocycles. The summed E-state index contributed by atoms with van der Waals surface area (Å²) in [5.74, 6) is 0.745. The summed E-state index contributed by atoms with van der Waals surface area (Å²) in [4.78, 5) is 25.6. The third-order valence-corrected chi connectivity index (χ3v) is 3.88. The smallest absolute Gasteiger partial charge is 0.264 e. The Bertz CT molecular complexity index is 804. The second-order valence-electron chi connectivity index (χ2n) is 5.76. The number of fused-ring (bicyclic) bond motifs is 1. The topological polar surface area (TPSA) is 67.9 Å². The Kier molecular flexibility index (Phi) is 4.88. The lowest BCUT2D eigenvalue weighted by Crippen LogP contribution is -2.34. The fourth-order valence-corrected chi connectivity index (χ4v) is 2.67. The Balaban J connectivity index is 1.67. The summed E-state index contributed by atoms with van der Waals surface area (Å²) < 4.78 is 10.9. The van der Waals surface area contributed by atoms with E-state index in [1.54, 1.807) is 23.1 Å². The molecule has 25 heavy (non-hydrogen) atoms. The van der Waals surface area contributed by atoms with Crippen molar-refractivity contribution < 1.29 is 19.1 Å². The van der Waals surface area contributed by atoms with Crippen LogP contribution < -0.4 is 19.7 Å². The third kappa shape index (κ3) is 3.91. The van der Waals surface area contributed by atoms with Crippen molar-refractivity contribution in [3.63, 3.8) is 0 Å². The van der Waals surface area contributed by atoms with Gasteiger partial charge in [-0.05, 0) is 43.7 Å². The zero-order valence-corrected chi connectivity index (χ0v) is 14.2. The molecule has 130 valence electrons. The van der Waals surface area contributed by atoms with Crippen molar-refractivity contribution in [2.45, 2.75) is 13.8 Å². The van der Waals surface area contributed by atoms with Crippen LogP contribution in [0.1, 0.15) is 12.5 Å². The van der Waals surface area contributed by atoms with Gasteiger partial charge in [-0.3, -0.25) is 9.59 Å². The first-order chi connectivity index (χ1) is 12.1. The second-order valence-corrected chi connectivity index (χ2v) is 5.76. The number of hydrogen-bond donors (Lipinski definition) is 1. The number of hydrogen-bond acceptors (Lipinski definition) is 4. The molecule has 6 nitrogen and oxygen atoms in total. The monoisotopic (exact) mass is 340 g/mol. The van der Waals surface area contributed by atoms with Crippen LogP contribution in [0.2, 0.25) is 0 Å². The molecule has 0 bridgehead atoms. The molecule has 0 radical (unpaired) electrons. The number of carbonyl (C=O) groups is 2. The fourth-order valence-electron chi connectivity index (χ4n) is 2.67. The average Bonchev–Trinajstić information content (AvgIpc) is 2.60. The van der Waals surface area contributed by atoms with Crippen molar-refractivity contribution in [3.8, 4) is 11.5 Å². The molecule has 1 aliphatic heterocycles. The van der Waals surface area contributed by atoms with Crippen LogP contribution >= 0.6 is 0 Å². The first-order valence-corrected chi connectivity index (χ1v) is 8.13. The minimum Gasteiger partial charge on any atom is -0.484 e. The van der Waals surface area contributed by atoms with Crippen LogP contribution in [-0.4, -0.2) is 31.6 Å². The number of aryl methyl sites for hydroxylation is 1. The highest BCUT2D eigenvalue weighted by Gasteiger charge is 2.18. The molecule has 1 aliphatic rings. The molecular formula is C19H20N2O4. The summed E-state index contributed by atoms with van der Waals surface area (Å²) in [6, 6.07) is 12.9. The van der Waals surface area contributed by atoms with Gasteiger partial charge >= 0.3 is 0 Å². The van der Waals surface area contributed by atoms with Gasteiger partial charge in [-0.1, -0.05) is 12.1 Å². The Morgan fingerprint density at radius 3 is 2.88 bits per heavy atom. The summed E-state index contributed by atoms with van der Waals surface area (Å²) in [5.41, 5.74) is 2.49. The predicted molar refractivity (Wildman–Crippen MR) is 95.3 cm³/mol. The molecule has 0 saturated heterocycles. The van der Waals surface area contributed by atoms with Crippen molar-refractivity contribution in [2.24, 2.45) is 0 Å². The van der Waals surface area contributed by atoms with Crippen molar-refractivity contribution in [1.29, 1.82) is 0 Å². The van der Waals surface area contributed by atoms with Crippen LogP contribution in [0.5, 0.6) is 11.5 Å². The van der Waals surface area contributed by atoms with Crippen molar-refractivity contribution in [1.82, 2.24) is 0 Å². The van der Waals surface area contributed by atoms with E-state index >= 15 is 0 Å². The van der Waals surface area contributed by atoms with Crippen molar-refractivity contribution in [3.05, 3.63) is 48.0 Å². The SMILES string of the molecule is CCN(C(=O)COc1ccc2c(c1)NC(=O)CO2)c1cccc(C)c1. The van der Waals surface area contributed by atoms with E-state index in [2.05, 4.69) is 5.32 Å². The third-order valence-electron chi connectivity index (χ3n) is 3.88. The Hall–Kier alpha value is -3.02. The minimum absolute atomic E-state index is 0.00758. The average molecular weight is 340 g/mol. The zero-order valence-electron chi connectivity index (χ0n) is 14.2. The van der Waals surface area contributed by atoms with E-state index in [0.717, 1.165) is 11.3 Å². The van der Waals surface area contributed by atoms with E-state index in [9.17, 15) is 9.59 Å². The number of carbonyl (C=O) groups excluding carboxylic acids is 2. The molecule has 0 aromatic heterocycles. The molecule has 0 aliphatic carbocycles. The van der Waals surface area contributed by atoms with Gasteiger partial charge in [0.15, 0.2) is 13.2 Å². The number of amides is 2. The van der Waals surface area contributed by atoms with E-state index in [1.807, 2.05) is 38.1 Å². The van der Waals surface area contributed by atoms with Crippen LogP contribution in [0.3, 0.4) is 0 Å². The van der Waals surface area contributed by atoms with Gasteiger partial charge in [0.05, 0.1) is 5.69 Å². The summed E-state index contributed by atoms with van der Waals surface area (Å²) in [7, 11) is 0. The van der Waals surface area contributed by atoms with Gasteiger partial charge in [0.1, 0.15) is 11.5 Å². The molecular weight excluding hydrogens is 320 g/mol. The molecule has 2 aromatic carbocycles. The maximum Gasteiger partial charge on any atom is 0.264 e. The first kappa shape index (κ1) is 16.8. The predicted octanol–water partition coefficient (Wildman–Crippen LogP) is 2.76.